The Kier molecular flexibility index (Phi) is 6.08. The third kappa shape index (κ3) is 4.67. The highest BCUT2D eigenvalue weighted by Crippen LogP contribution is 2.16. The molecule has 24 heavy (non-hydrogen) atoms. The number of ether oxygens (including phenoxy) is 1. The summed E-state index contributed by atoms with van der Waals surface area (Å²) >= 11 is 0. The highest BCUT2D eigenvalue weighted by atomic mass is 16.5. The summed E-state index contributed by atoms with van der Waals surface area (Å²) in [5.74, 6) is -1.29. The lowest BCUT2D eigenvalue weighted by Gasteiger charge is -2.11. The molecule has 0 aliphatic carbocycles. The molecular formula is C18H18N2O4. The van der Waals surface area contributed by atoms with Gasteiger partial charge in [-0.2, -0.15) is 0 Å². The van der Waals surface area contributed by atoms with Crippen molar-refractivity contribution in [3.8, 4) is 0 Å². The predicted octanol–water partition coefficient (Wildman–Crippen LogP) is 2.23. The zero-order chi connectivity index (χ0) is 17.4. The summed E-state index contributed by atoms with van der Waals surface area (Å²) in [6, 6.07) is 15.1. The summed E-state index contributed by atoms with van der Waals surface area (Å²) in [5, 5.41) is 5.13. The molecule has 0 heterocycles. The van der Waals surface area contributed by atoms with Gasteiger partial charge in [0.05, 0.1) is 24.4 Å². The molecule has 2 rings (SSSR count). The molecule has 0 saturated carbocycles. The van der Waals surface area contributed by atoms with E-state index in [1.165, 1.54) is 0 Å². The van der Waals surface area contributed by atoms with Crippen molar-refractivity contribution in [3.05, 3.63) is 65.7 Å². The standard InChI is InChI=1S/C18H18N2O4/c1-2-24-18(23)14-10-6-7-11-15(14)20-16(21)12-19-17(22)13-8-4-3-5-9-13/h3-11H,2,12H2,1H3,(H,19,22)(H,20,21). The Morgan fingerprint density at radius 1 is 0.958 bits per heavy atom. The molecule has 0 aliphatic heterocycles. The second kappa shape index (κ2) is 8.47. The Bertz CT molecular complexity index is 729. The first-order valence-corrected chi connectivity index (χ1v) is 7.51. The van der Waals surface area contributed by atoms with Gasteiger partial charge < -0.3 is 15.4 Å². The van der Waals surface area contributed by atoms with Gasteiger partial charge in [0.1, 0.15) is 0 Å². The average molecular weight is 326 g/mol. The lowest BCUT2D eigenvalue weighted by molar-refractivity contribution is -0.115. The average Bonchev–Trinajstić information content (AvgIpc) is 2.61. The lowest BCUT2D eigenvalue weighted by atomic mass is 10.2. The Hall–Kier alpha value is -3.15. The van der Waals surface area contributed by atoms with Crippen LogP contribution in [0.1, 0.15) is 27.6 Å². The zero-order valence-corrected chi connectivity index (χ0v) is 13.2. The van der Waals surface area contributed by atoms with Crippen LogP contribution in [-0.2, 0) is 9.53 Å². The third-order valence-electron chi connectivity index (χ3n) is 3.14. The maximum atomic E-state index is 12.0. The van der Waals surface area contributed by atoms with E-state index in [4.69, 9.17) is 4.74 Å². The maximum absolute atomic E-state index is 12.0. The summed E-state index contributed by atoms with van der Waals surface area (Å²) in [5.41, 5.74) is 1.08. The predicted molar refractivity (Wildman–Crippen MR) is 89.8 cm³/mol. The quantitative estimate of drug-likeness (QED) is 0.797. The van der Waals surface area contributed by atoms with Crippen molar-refractivity contribution in [2.45, 2.75) is 6.92 Å². The number of rotatable bonds is 6. The minimum absolute atomic E-state index is 0.203. The minimum atomic E-state index is -0.512. The first kappa shape index (κ1) is 17.2. The van der Waals surface area contributed by atoms with Crippen LogP contribution in [0.5, 0.6) is 0 Å². The molecule has 0 spiro atoms. The molecule has 0 atom stereocenters. The van der Waals surface area contributed by atoms with Crippen LogP contribution in [0.2, 0.25) is 0 Å². The van der Waals surface area contributed by atoms with Crippen LogP contribution in [0.15, 0.2) is 54.6 Å². The van der Waals surface area contributed by atoms with Gasteiger partial charge in [-0.05, 0) is 31.2 Å². The number of anilines is 1. The first-order chi connectivity index (χ1) is 11.6. The lowest BCUT2D eigenvalue weighted by Crippen LogP contribution is -2.33. The van der Waals surface area contributed by atoms with E-state index in [2.05, 4.69) is 10.6 Å². The number of para-hydroxylation sites is 1. The highest BCUT2D eigenvalue weighted by Gasteiger charge is 2.14. The minimum Gasteiger partial charge on any atom is -0.462 e. The van der Waals surface area contributed by atoms with E-state index in [9.17, 15) is 14.4 Å². The molecule has 0 fully saturated rings. The van der Waals surface area contributed by atoms with Crippen LogP contribution >= 0.6 is 0 Å². The second-order valence-corrected chi connectivity index (χ2v) is 4.86. The fourth-order valence-corrected chi connectivity index (χ4v) is 2.03. The van der Waals surface area contributed by atoms with Crippen LogP contribution in [0.25, 0.3) is 0 Å². The van der Waals surface area contributed by atoms with Gasteiger partial charge in [0.15, 0.2) is 0 Å². The third-order valence-corrected chi connectivity index (χ3v) is 3.14. The van der Waals surface area contributed by atoms with Gasteiger partial charge >= 0.3 is 5.97 Å². The fraction of sp³-hybridized carbons (Fsp3) is 0.167. The SMILES string of the molecule is CCOC(=O)c1ccccc1NC(=O)CNC(=O)c1ccccc1. The number of hydrogen-bond acceptors (Lipinski definition) is 4. The molecular weight excluding hydrogens is 308 g/mol. The van der Waals surface area contributed by atoms with Crippen LogP contribution in [-0.4, -0.2) is 30.9 Å². The number of hydrogen-bond donors (Lipinski definition) is 2. The van der Waals surface area contributed by atoms with Crippen molar-refractivity contribution in [3.63, 3.8) is 0 Å². The van der Waals surface area contributed by atoms with Crippen LogP contribution < -0.4 is 10.6 Å². The molecule has 2 aromatic carbocycles. The molecule has 0 unspecified atom stereocenters. The van der Waals surface area contributed by atoms with Crippen molar-refractivity contribution in [1.82, 2.24) is 5.32 Å². The van der Waals surface area contributed by atoms with Gasteiger partial charge in [-0.15, -0.1) is 0 Å². The summed E-state index contributed by atoms with van der Waals surface area (Å²) in [4.78, 5) is 35.8. The monoisotopic (exact) mass is 326 g/mol. The van der Waals surface area contributed by atoms with E-state index in [0.717, 1.165) is 0 Å². The van der Waals surface area contributed by atoms with Gasteiger partial charge in [-0.3, -0.25) is 9.59 Å². The highest BCUT2D eigenvalue weighted by molar-refractivity contribution is 6.03. The second-order valence-electron chi connectivity index (χ2n) is 4.86. The number of nitrogens with one attached hydrogen (secondary N) is 2. The molecule has 0 aromatic heterocycles. The fourth-order valence-electron chi connectivity index (χ4n) is 2.03. The summed E-state index contributed by atoms with van der Waals surface area (Å²) < 4.78 is 4.95. The topological polar surface area (TPSA) is 84.5 Å². The molecule has 6 nitrogen and oxygen atoms in total. The van der Waals surface area contributed by atoms with Gasteiger partial charge in [0, 0.05) is 5.56 Å². The van der Waals surface area contributed by atoms with Crippen molar-refractivity contribution in [2.24, 2.45) is 0 Å². The summed E-state index contributed by atoms with van der Waals surface area (Å²) in [7, 11) is 0. The van der Waals surface area contributed by atoms with E-state index in [1.807, 2.05) is 0 Å². The summed E-state index contributed by atoms with van der Waals surface area (Å²) in [6.45, 7) is 1.75. The van der Waals surface area contributed by atoms with Crippen molar-refractivity contribution < 1.29 is 19.1 Å². The zero-order valence-electron chi connectivity index (χ0n) is 13.2. The van der Waals surface area contributed by atoms with Gasteiger partial charge in [-0.25, -0.2) is 4.79 Å². The Balaban J connectivity index is 1.95. The molecule has 2 N–H and O–H groups in total. The van der Waals surface area contributed by atoms with E-state index in [0.29, 0.717) is 11.3 Å². The number of carbonyl (C=O) groups excluding carboxylic acids is 3. The van der Waals surface area contributed by atoms with Gasteiger partial charge in [0.25, 0.3) is 5.91 Å². The number of benzene rings is 2. The molecule has 0 aliphatic rings. The molecule has 6 heteroatoms. The van der Waals surface area contributed by atoms with E-state index in [-0.39, 0.29) is 24.6 Å². The van der Waals surface area contributed by atoms with E-state index < -0.39 is 11.9 Å². The Morgan fingerprint density at radius 2 is 1.62 bits per heavy atom. The molecule has 124 valence electrons. The van der Waals surface area contributed by atoms with Crippen molar-refractivity contribution in [1.29, 1.82) is 0 Å². The summed E-state index contributed by atoms with van der Waals surface area (Å²) in [6.07, 6.45) is 0. The molecule has 0 saturated heterocycles. The smallest absolute Gasteiger partial charge is 0.340 e. The van der Waals surface area contributed by atoms with Crippen LogP contribution in [0.4, 0.5) is 5.69 Å². The molecule has 2 aromatic rings. The first-order valence-electron chi connectivity index (χ1n) is 7.51. The number of esters is 1. The Labute approximate surface area is 139 Å². The maximum Gasteiger partial charge on any atom is 0.340 e. The van der Waals surface area contributed by atoms with Crippen molar-refractivity contribution >= 4 is 23.5 Å². The Morgan fingerprint density at radius 3 is 2.33 bits per heavy atom. The molecule has 2 amide bonds. The number of carbonyl (C=O) groups is 3. The van der Waals surface area contributed by atoms with Crippen molar-refractivity contribution in [2.75, 3.05) is 18.5 Å². The van der Waals surface area contributed by atoms with Crippen LogP contribution in [0, 0.1) is 0 Å². The van der Waals surface area contributed by atoms with E-state index in [1.54, 1.807) is 61.5 Å². The van der Waals surface area contributed by atoms with Crippen LogP contribution in [0.3, 0.4) is 0 Å². The van der Waals surface area contributed by atoms with E-state index >= 15 is 0 Å². The molecule has 0 radical (unpaired) electrons. The largest absolute Gasteiger partial charge is 0.462 e. The van der Waals surface area contributed by atoms with Gasteiger partial charge in [0.2, 0.25) is 5.91 Å². The molecule has 0 bridgehead atoms. The number of amides is 2. The van der Waals surface area contributed by atoms with Gasteiger partial charge in [-0.1, -0.05) is 30.3 Å². The normalized spacial score (nSPS) is 9.88.